The van der Waals surface area contributed by atoms with Gasteiger partial charge in [0.1, 0.15) is 5.82 Å². The fourth-order valence-electron chi connectivity index (χ4n) is 1.67. The van der Waals surface area contributed by atoms with Crippen LogP contribution in [0.25, 0.3) is 5.57 Å². The van der Waals surface area contributed by atoms with Crippen molar-refractivity contribution in [3.8, 4) is 0 Å². The van der Waals surface area contributed by atoms with Crippen LogP contribution in [0.1, 0.15) is 26.3 Å². The van der Waals surface area contributed by atoms with E-state index < -0.39 is 0 Å². The maximum Gasteiger partial charge on any atom is 0.129 e. The van der Waals surface area contributed by atoms with Gasteiger partial charge >= 0.3 is 0 Å². The highest BCUT2D eigenvalue weighted by Crippen LogP contribution is 2.18. The maximum absolute atomic E-state index is 4.24. The molecule has 0 saturated heterocycles. The summed E-state index contributed by atoms with van der Waals surface area (Å²) in [6, 6.07) is 8.28. The van der Waals surface area contributed by atoms with Gasteiger partial charge in [0, 0.05) is 11.9 Å². The van der Waals surface area contributed by atoms with E-state index in [1.54, 1.807) is 12.3 Å². The van der Waals surface area contributed by atoms with Crippen molar-refractivity contribution in [2.45, 2.75) is 20.8 Å². The zero-order valence-electron chi connectivity index (χ0n) is 12.4. The summed E-state index contributed by atoms with van der Waals surface area (Å²) < 4.78 is 0. The summed E-state index contributed by atoms with van der Waals surface area (Å²) in [5.41, 5.74) is 3.45. The van der Waals surface area contributed by atoms with Gasteiger partial charge < -0.3 is 5.32 Å². The monoisotopic (exact) mass is 266 g/mol. The summed E-state index contributed by atoms with van der Waals surface area (Å²) in [4.78, 5) is 4.24. The highest BCUT2D eigenvalue weighted by molar-refractivity contribution is 5.67. The Morgan fingerprint density at radius 1 is 1.15 bits per heavy atom. The van der Waals surface area contributed by atoms with Crippen LogP contribution < -0.4 is 5.32 Å². The molecule has 0 spiro atoms. The first-order valence-corrected chi connectivity index (χ1v) is 6.69. The Kier molecular flexibility index (Phi) is 6.83. The van der Waals surface area contributed by atoms with Gasteiger partial charge in [0.2, 0.25) is 0 Å². The lowest BCUT2D eigenvalue weighted by molar-refractivity contribution is 1.31. The Morgan fingerprint density at radius 3 is 2.40 bits per heavy atom. The van der Waals surface area contributed by atoms with Gasteiger partial charge in [-0.05, 0) is 50.1 Å². The zero-order valence-corrected chi connectivity index (χ0v) is 12.4. The molecule has 1 aromatic carbocycles. The Balaban J connectivity index is 2.86. The summed E-state index contributed by atoms with van der Waals surface area (Å²) in [7, 11) is 0. The fraction of sp³-hybridized carbons (Fsp3) is 0.167. The van der Waals surface area contributed by atoms with E-state index in [0.717, 1.165) is 11.5 Å². The number of hydrogen-bond donors (Lipinski definition) is 1. The Bertz CT molecular complexity index is 543. The normalized spacial score (nSPS) is 13.2. The molecule has 0 bridgehead atoms. The second-order valence-electron chi connectivity index (χ2n) is 4.25. The van der Waals surface area contributed by atoms with Crippen LogP contribution in [0.2, 0.25) is 0 Å². The second kappa shape index (κ2) is 8.70. The molecular weight excluding hydrogens is 244 g/mol. The SMILES string of the molecule is C=C/C=C(\N=C/C)Nc1ccc(/C(C)=C/C=C\C)cc1. The van der Waals surface area contributed by atoms with Crippen LogP contribution in [0, 0.1) is 0 Å². The van der Waals surface area contributed by atoms with E-state index in [-0.39, 0.29) is 0 Å². The number of nitrogens with zero attached hydrogens (tertiary/aromatic N) is 1. The molecule has 20 heavy (non-hydrogen) atoms. The smallest absolute Gasteiger partial charge is 0.129 e. The van der Waals surface area contributed by atoms with E-state index in [1.165, 1.54) is 11.1 Å². The largest absolute Gasteiger partial charge is 0.340 e. The van der Waals surface area contributed by atoms with Crippen molar-refractivity contribution in [1.29, 1.82) is 0 Å². The highest BCUT2D eigenvalue weighted by Gasteiger charge is 1.97. The Hall–Kier alpha value is -2.35. The molecule has 0 amide bonds. The summed E-state index contributed by atoms with van der Waals surface area (Å²) in [6.07, 6.45) is 11.5. The topological polar surface area (TPSA) is 24.4 Å². The molecule has 0 aliphatic carbocycles. The van der Waals surface area contributed by atoms with Gasteiger partial charge in [-0.2, -0.15) is 0 Å². The first kappa shape index (κ1) is 15.7. The molecule has 1 rings (SSSR count). The van der Waals surface area contributed by atoms with Gasteiger partial charge in [0.05, 0.1) is 0 Å². The first-order valence-electron chi connectivity index (χ1n) is 6.69. The van der Waals surface area contributed by atoms with Crippen molar-refractivity contribution >= 4 is 17.5 Å². The molecule has 104 valence electrons. The van der Waals surface area contributed by atoms with Crippen LogP contribution in [0.5, 0.6) is 0 Å². The Morgan fingerprint density at radius 2 is 1.85 bits per heavy atom. The van der Waals surface area contributed by atoms with Crippen LogP contribution in [-0.2, 0) is 0 Å². The summed E-state index contributed by atoms with van der Waals surface area (Å²) in [5.74, 6) is 0.774. The van der Waals surface area contributed by atoms with E-state index in [0.29, 0.717) is 0 Å². The minimum Gasteiger partial charge on any atom is -0.340 e. The van der Waals surface area contributed by atoms with Gasteiger partial charge in [-0.25, -0.2) is 4.99 Å². The lowest BCUT2D eigenvalue weighted by Gasteiger charge is -2.07. The maximum atomic E-state index is 4.24. The third-order valence-electron chi connectivity index (χ3n) is 2.70. The molecule has 0 radical (unpaired) electrons. The molecule has 0 fully saturated rings. The average molecular weight is 266 g/mol. The first-order chi connectivity index (χ1) is 9.71. The predicted octanol–water partition coefficient (Wildman–Crippen LogP) is 5.20. The van der Waals surface area contributed by atoms with Gasteiger partial charge in [-0.15, -0.1) is 0 Å². The fourth-order valence-corrected chi connectivity index (χ4v) is 1.67. The van der Waals surface area contributed by atoms with Crippen LogP contribution in [0.3, 0.4) is 0 Å². The molecule has 1 aromatic rings. The number of rotatable bonds is 6. The van der Waals surface area contributed by atoms with E-state index >= 15 is 0 Å². The van der Waals surface area contributed by atoms with Gasteiger partial charge in [-0.3, -0.25) is 0 Å². The summed E-state index contributed by atoms with van der Waals surface area (Å²) in [6.45, 7) is 9.69. The minimum atomic E-state index is 0.774. The lowest BCUT2D eigenvalue weighted by Crippen LogP contribution is -1.97. The van der Waals surface area contributed by atoms with Crippen molar-refractivity contribution in [2.24, 2.45) is 4.99 Å². The van der Waals surface area contributed by atoms with Crippen LogP contribution in [-0.4, -0.2) is 6.21 Å². The van der Waals surface area contributed by atoms with E-state index in [1.807, 2.05) is 44.2 Å². The molecule has 1 N–H and O–H groups in total. The molecule has 0 saturated carbocycles. The van der Waals surface area contributed by atoms with E-state index in [2.05, 4.69) is 42.0 Å². The zero-order chi connectivity index (χ0) is 14.8. The van der Waals surface area contributed by atoms with Crippen molar-refractivity contribution in [1.82, 2.24) is 0 Å². The van der Waals surface area contributed by atoms with Gasteiger partial charge in [0.25, 0.3) is 0 Å². The quantitative estimate of drug-likeness (QED) is 0.555. The second-order valence-corrected chi connectivity index (χ2v) is 4.25. The molecule has 0 atom stereocenters. The molecule has 2 nitrogen and oxygen atoms in total. The highest BCUT2D eigenvalue weighted by atomic mass is 15.0. The third-order valence-corrected chi connectivity index (χ3v) is 2.70. The number of allylic oxidation sites excluding steroid dienone is 6. The average Bonchev–Trinajstić information content (AvgIpc) is 2.46. The molecule has 0 aliphatic heterocycles. The number of aliphatic imine (C=N–C) groups is 1. The standard InChI is InChI=1S/C18H22N2/c1-5-8-10-15(4)16-11-13-17(14-12-16)20-18(9-6-2)19-7-3/h5-14,20H,2H2,1,3-4H3/b8-5-,15-10+,18-9+,19-7-. The van der Waals surface area contributed by atoms with Crippen molar-refractivity contribution in [2.75, 3.05) is 5.32 Å². The van der Waals surface area contributed by atoms with Crippen LogP contribution >= 0.6 is 0 Å². The van der Waals surface area contributed by atoms with Crippen LogP contribution in [0.4, 0.5) is 5.69 Å². The van der Waals surface area contributed by atoms with Crippen LogP contribution in [0.15, 0.2) is 72.0 Å². The predicted molar refractivity (Wildman–Crippen MR) is 91.0 cm³/mol. The van der Waals surface area contributed by atoms with Crippen molar-refractivity contribution in [3.63, 3.8) is 0 Å². The summed E-state index contributed by atoms with van der Waals surface area (Å²) in [5, 5.41) is 3.25. The summed E-state index contributed by atoms with van der Waals surface area (Å²) >= 11 is 0. The number of hydrogen-bond acceptors (Lipinski definition) is 2. The lowest BCUT2D eigenvalue weighted by atomic mass is 10.1. The molecule has 0 heterocycles. The minimum absolute atomic E-state index is 0.774. The molecule has 0 aliphatic rings. The Labute approximate surface area is 121 Å². The molecule has 2 heteroatoms. The van der Waals surface area contributed by atoms with Crippen molar-refractivity contribution in [3.05, 3.63) is 72.6 Å². The van der Waals surface area contributed by atoms with E-state index in [9.17, 15) is 0 Å². The molecule has 0 aromatic heterocycles. The molecule has 0 unspecified atom stereocenters. The van der Waals surface area contributed by atoms with Crippen molar-refractivity contribution < 1.29 is 0 Å². The van der Waals surface area contributed by atoms with E-state index in [4.69, 9.17) is 0 Å². The number of nitrogens with one attached hydrogen (secondary N) is 1. The third kappa shape index (κ3) is 5.11. The van der Waals surface area contributed by atoms with Gasteiger partial charge in [-0.1, -0.05) is 43.0 Å². The number of benzene rings is 1. The molecular formula is C18H22N2. The van der Waals surface area contributed by atoms with Gasteiger partial charge in [0.15, 0.2) is 0 Å². The number of anilines is 1.